The summed E-state index contributed by atoms with van der Waals surface area (Å²) in [5.74, 6) is 0.212. The van der Waals surface area contributed by atoms with Gasteiger partial charge in [0.25, 0.3) is 0 Å². The molecule has 1 amide bonds. The summed E-state index contributed by atoms with van der Waals surface area (Å²) < 4.78 is 35.5. The zero-order valence-corrected chi connectivity index (χ0v) is 18.9. The molecule has 0 bridgehead atoms. The highest BCUT2D eigenvalue weighted by molar-refractivity contribution is 7.92. The van der Waals surface area contributed by atoms with Crippen LogP contribution in [-0.2, 0) is 21.1 Å². The lowest BCUT2D eigenvalue weighted by Crippen LogP contribution is -2.25. The summed E-state index contributed by atoms with van der Waals surface area (Å²) in [5.41, 5.74) is 2.50. The van der Waals surface area contributed by atoms with Crippen molar-refractivity contribution < 1.29 is 22.7 Å². The average molecular weight is 455 g/mol. The molecule has 1 aromatic heterocycles. The number of hydrogen-bond acceptors (Lipinski definition) is 6. The van der Waals surface area contributed by atoms with Gasteiger partial charge in [-0.25, -0.2) is 13.4 Å². The fraction of sp³-hybridized carbons (Fsp3) is 0.250. The minimum absolute atomic E-state index is 0.0429. The molecule has 0 saturated heterocycles. The summed E-state index contributed by atoms with van der Waals surface area (Å²) in [6, 6.07) is 18.4. The molecule has 0 aliphatic rings. The Balaban J connectivity index is 1.50. The van der Waals surface area contributed by atoms with Gasteiger partial charge in [-0.15, -0.1) is 0 Å². The normalized spacial score (nSPS) is 11.1. The standard InChI is InChI=1S/C24H26N2O5S/c1-18-10-12-21(22(15-18)30-2)31-24-13-11-20(16-25-24)26-23(27)17-32(28,29)14-6-9-19-7-4-3-5-8-19/h3-5,7-8,10-13,15-16H,6,9,14,17H2,1-2H3,(H,26,27). The van der Waals surface area contributed by atoms with Gasteiger partial charge in [-0.3, -0.25) is 4.79 Å². The second-order valence-electron chi connectivity index (χ2n) is 7.37. The molecule has 0 saturated carbocycles. The fourth-order valence-electron chi connectivity index (χ4n) is 3.10. The first-order valence-electron chi connectivity index (χ1n) is 10.2. The predicted molar refractivity (Wildman–Crippen MR) is 124 cm³/mol. The van der Waals surface area contributed by atoms with E-state index < -0.39 is 21.5 Å². The van der Waals surface area contributed by atoms with Gasteiger partial charge in [0.1, 0.15) is 5.75 Å². The van der Waals surface area contributed by atoms with E-state index in [1.165, 1.54) is 6.20 Å². The Kier molecular flexibility index (Phi) is 7.83. The number of rotatable bonds is 10. The van der Waals surface area contributed by atoms with Gasteiger partial charge in [0.15, 0.2) is 21.3 Å². The SMILES string of the molecule is COc1cc(C)ccc1Oc1ccc(NC(=O)CS(=O)(=O)CCCc2ccccc2)cn1. The molecule has 0 aliphatic heterocycles. The highest BCUT2D eigenvalue weighted by Gasteiger charge is 2.17. The minimum atomic E-state index is -3.50. The van der Waals surface area contributed by atoms with Crippen LogP contribution in [0.4, 0.5) is 5.69 Å². The van der Waals surface area contributed by atoms with E-state index in [0.29, 0.717) is 35.9 Å². The van der Waals surface area contributed by atoms with Crippen molar-refractivity contribution in [3.05, 3.63) is 78.0 Å². The second-order valence-corrected chi connectivity index (χ2v) is 9.55. The maximum atomic E-state index is 12.3. The van der Waals surface area contributed by atoms with Gasteiger partial charge >= 0.3 is 0 Å². The van der Waals surface area contributed by atoms with Crippen molar-refractivity contribution in [3.63, 3.8) is 0 Å². The zero-order valence-electron chi connectivity index (χ0n) is 18.1. The molecule has 3 rings (SSSR count). The predicted octanol–water partition coefficient (Wildman–Crippen LogP) is 4.18. The number of amides is 1. The Hall–Kier alpha value is -3.39. The van der Waals surface area contributed by atoms with Crippen LogP contribution in [0.1, 0.15) is 17.5 Å². The van der Waals surface area contributed by atoms with Crippen molar-refractivity contribution in [3.8, 4) is 17.4 Å². The van der Waals surface area contributed by atoms with Gasteiger partial charge < -0.3 is 14.8 Å². The lowest BCUT2D eigenvalue weighted by atomic mass is 10.1. The minimum Gasteiger partial charge on any atom is -0.493 e. The molecular weight excluding hydrogens is 428 g/mol. The summed E-state index contributed by atoms with van der Waals surface area (Å²) in [6.07, 6.45) is 2.53. The molecule has 0 fully saturated rings. The number of nitrogens with one attached hydrogen (secondary N) is 1. The van der Waals surface area contributed by atoms with E-state index in [1.807, 2.05) is 49.4 Å². The third kappa shape index (κ3) is 7.09. The van der Waals surface area contributed by atoms with Crippen molar-refractivity contribution in [2.45, 2.75) is 19.8 Å². The number of carbonyl (C=O) groups is 1. The first-order valence-corrected chi connectivity index (χ1v) is 12.0. The van der Waals surface area contributed by atoms with E-state index in [4.69, 9.17) is 9.47 Å². The third-order valence-electron chi connectivity index (χ3n) is 4.67. The number of pyridine rings is 1. The summed E-state index contributed by atoms with van der Waals surface area (Å²) in [4.78, 5) is 16.3. The molecule has 0 aliphatic carbocycles. The highest BCUT2D eigenvalue weighted by atomic mass is 32.2. The summed E-state index contributed by atoms with van der Waals surface area (Å²) in [7, 11) is -1.94. The van der Waals surface area contributed by atoms with Crippen molar-refractivity contribution in [1.82, 2.24) is 4.98 Å². The number of ether oxygens (including phenoxy) is 2. The molecule has 7 nitrogen and oxygen atoms in total. The number of carbonyl (C=O) groups excluding carboxylic acids is 1. The van der Waals surface area contributed by atoms with Gasteiger partial charge in [0.05, 0.1) is 24.7 Å². The Labute approximate surface area is 188 Å². The number of hydrogen-bond donors (Lipinski definition) is 1. The van der Waals surface area contributed by atoms with Crippen LogP contribution in [0.5, 0.6) is 17.4 Å². The fourth-order valence-corrected chi connectivity index (χ4v) is 4.30. The van der Waals surface area contributed by atoms with Crippen LogP contribution in [0.25, 0.3) is 0 Å². The molecule has 0 spiro atoms. The van der Waals surface area contributed by atoms with E-state index in [1.54, 1.807) is 25.3 Å². The third-order valence-corrected chi connectivity index (χ3v) is 6.28. The van der Waals surface area contributed by atoms with E-state index in [9.17, 15) is 13.2 Å². The maximum absolute atomic E-state index is 12.3. The van der Waals surface area contributed by atoms with Crippen LogP contribution >= 0.6 is 0 Å². The number of aromatic nitrogens is 1. The molecule has 0 unspecified atom stereocenters. The number of nitrogens with zero attached hydrogens (tertiary/aromatic N) is 1. The van der Waals surface area contributed by atoms with Gasteiger partial charge in [-0.2, -0.15) is 0 Å². The quantitative estimate of drug-likeness (QED) is 0.494. The molecule has 2 aromatic carbocycles. The van der Waals surface area contributed by atoms with Gasteiger partial charge in [-0.05, 0) is 49.1 Å². The largest absolute Gasteiger partial charge is 0.493 e. The number of anilines is 1. The lowest BCUT2D eigenvalue weighted by Gasteiger charge is -2.11. The van der Waals surface area contributed by atoms with Crippen molar-refractivity contribution in [2.24, 2.45) is 0 Å². The van der Waals surface area contributed by atoms with Crippen molar-refractivity contribution in [2.75, 3.05) is 23.9 Å². The molecule has 1 N–H and O–H groups in total. The first kappa shape index (κ1) is 23.3. The van der Waals surface area contributed by atoms with E-state index in [-0.39, 0.29) is 5.75 Å². The molecule has 0 radical (unpaired) electrons. The highest BCUT2D eigenvalue weighted by Crippen LogP contribution is 2.31. The van der Waals surface area contributed by atoms with Crippen molar-refractivity contribution in [1.29, 1.82) is 0 Å². The molecule has 0 atom stereocenters. The molecular formula is C24H26N2O5S. The van der Waals surface area contributed by atoms with Gasteiger partial charge in [0, 0.05) is 6.07 Å². The Morgan fingerprint density at radius 2 is 1.81 bits per heavy atom. The smallest absolute Gasteiger partial charge is 0.239 e. The van der Waals surface area contributed by atoms with E-state index in [0.717, 1.165) is 11.1 Å². The van der Waals surface area contributed by atoms with Crippen LogP contribution in [0.3, 0.4) is 0 Å². The second kappa shape index (κ2) is 10.8. The number of methoxy groups -OCH3 is 1. The molecule has 168 valence electrons. The monoisotopic (exact) mass is 454 g/mol. The first-order chi connectivity index (χ1) is 15.3. The topological polar surface area (TPSA) is 94.6 Å². The zero-order chi connectivity index (χ0) is 23.0. The van der Waals surface area contributed by atoms with Gasteiger partial charge in [0.2, 0.25) is 11.8 Å². The van der Waals surface area contributed by atoms with E-state index >= 15 is 0 Å². The Bertz CT molecular complexity index is 1150. The van der Waals surface area contributed by atoms with Crippen LogP contribution in [0.15, 0.2) is 66.9 Å². The van der Waals surface area contributed by atoms with Crippen LogP contribution in [0.2, 0.25) is 0 Å². The average Bonchev–Trinajstić information content (AvgIpc) is 2.76. The summed E-state index contributed by atoms with van der Waals surface area (Å²) in [5, 5.41) is 2.57. The van der Waals surface area contributed by atoms with Crippen LogP contribution in [0, 0.1) is 6.92 Å². The summed E-state index contributed by atoms with van der Waals surface area (Å²) >= 11 is 0. The summed E-state index contributed by atoms with van der Waals surface area (Å²) in [6.45, 7) is 1.95. The van der Waals surface area contributed by atoms with Crippen LogP contribution < -0.4 is 14.8 Å². The molecule has 1 heterocycles. The Morgan fingerprint density at radius 1 is 1.03 bits per heavy atom. The lowest BCUT2D eigenvalue weighted by molar-refractivity contribution is -0.113. The molecule has 3 aromatic rings. The molecule has 8 heteroatoms. The Morgan fingerprint density at radius 3 is 2.50 bits per heavy atom. The van der Waals surface area contributed by atoms with Gasteiger partial charge in [-0.1, -0.05) is 36.4 Å². The number of aryl methyl sites for hydroxylation is 2. The molecule has 32 heavy (non-hydrogen) atoms. The van der Waals surface area contributed by atoms with E-state index in [2.05, 4.69) is 10.3 Å². The number of sulfone groups is 1. The number of benzene rings is 2. The van der Waals surface area contributed by atoms with Crippen LogP contribution in [-0.4, -0.2) is 37.9 Å². The van der Waals surface area contributed by atoms with Crippen molar-refractivity contribution >= 4 is 21.4 Å². The maximum Gasteiger partial charge on any atom is 0.239 e.